The molecule has 0 bridgehead atoms. The average molecular weight is 379 g/mol. The van der Waals surface area contributed by atoms with Crippen LogP contribution in [0.1, 0.15) is 18.8 Å². The standard InChI is InChI=1S/C12H9F3IN3/c1-6(13)11-10(16)12(18-5-17-11)19-9-3-2-7(14)4-8(9)15/h2-6H,1H3,(H,17,18,19). The number of rotatable bonds is 3. The van der Waals surface area contributed by atoms with Gasteiger partial charge in [-0.3, -0.25) is 0 Å². The molecule has 3 nitrogen and oxygen atoms in total. The molecule has 1 aromatic heterocycles. The van der Waals surface area contributed by atoms with Crippen molar-refractivity contribution in [2.24, 2.45) is 0 Å². The molecule has 19 heavy (non-hydrogen) atoms. The molecule has 0 saturated heterocycles. The van der Waals surface area contributed by atoms with Gasteiger partial charge in [0.05, 0.1) is 15.0 Å². The Morgan fingerprint density at radius 2 is 2.00 bits per heavy atom. The molecule has 1 aromatic carbocycles. The van der Waals surface area contributed by atoms with Crippen LogP contribution < -0.4 is 5.32 Å². The van der Waals surface area contributed by atoms with Crippen LogP contribution in [-0.2, 0) is 0 Å². The summed E-state index contributed by atoms with van der Waals surface area (Å²) < 4.78 is 40.1. The largest absolute Gasteiger partial charge is 0.337 e. The van der Waals surface area contributed by atoms with Crippen molar-refractivity contribution >= 4 is 34.1 Å². The number of halogens is 4. The average Bonchev–Trinajstić information content (AvgIpc) is 2.34. The number of hydrogen-bond acceptors (Lipinski definition) is 3. The Bertz CT molecular complexity index is 605. The topological polar surface area (TPSA) is 37.8 Å². The summed E-state index contributed by atoms with van der Waals surface area (Å²) in [5.74, 6) is -1.14. The van der Waals surface area contributed by atoms with Crippen molar-refractivity contribution in [3.8, 4) is 0 Å². The lowest BCUT2D eigenvalue weighted by Gasteiger charge is -2.11. The predicted molar refractivity (Wildman–Crippen MR) is 73.9 cm³/mol. The molecule has 0 radical (unpaired) electrons. The lowest BCUT2D eigenvalue weighted by Crippen LogP contribution is -2.04. The number of benzene rings is 1. The van der Waals surface area contributed by atoms with Crippen LogP contribution in [0.3, 0.4) is 0 Å². The van der Waals surface area contributed by atoms with Crippen LogP contribution in [0.2, 0.25) is 0 Å². The Hall–Kier alpha value is -1.38. The maximum absolute atomic E-state index is 13.5. The molecule has 0 spiro atoms. The van der Waals surface area contributed by atoms with Crippen LogP contribution >= 0.6 is 22.6 Å². The van der Waals surface area contributed by atoms with Crippen molar-refractivity contribution in [3.63, 3.8) is 0 Å². The third-order valence-corrected chi connectivity index (χ3v) is 3.44. The number of aromatic nitrogens is 2. The summed E-state index contributed by atoms with van der Waals surface area (Å²) in [6.07, 6.45) is -0.0642. The Morgan fingerprint density at radius 3 is 2.63 bits per heavy atom. The van der Waals surface area contributed by atoms with E-state index in [0.29, 0.717) is 3.57 Å². The summed E-state index contributed by atoms with van der Waals surface area (Å²) in [4.78, 5) is 7.75. The van der Waals surface area contributed by atoms with Crippen molar-refractivity contribution in [2.45, 2.75) is 13.1 Å². The van der Waals surface area contributed by atoms with Gasteiger partial charge in [-0.1, -0.05) is 0 Å². The summed E-state index contributed by atoms with van der Waals surface area (Å²) in [6.45, 7) is 1.35. The molecule has 2 rings (SSSR count). The van der Waals surface area contributed by atoms with E-state index in [1.807, 2.05) is 22.6 Å². The van der Waals surface area contributed by atoms with E-state index in [2.05, 4.69) is 15.3 Å². The molecule has 1 unspecified atom stereocenters. The van der Waals surface area contributed by atoms with E-state index >= 15 is 0 Å². The molecule has 0 aliphatic rings. The van der Waals surface area contributed by atoms with Gasteiger partial charge in [-0.15, -0.1) is 0 Å². The summed E-state index contributed by atoms with van der Waals surface area (Å²) in [7, 11) is 0. The Morgan fingerprint density at radius 1 is 1.26 bits per heavy atom. The van der Waals surface area contributed by atoms with E-state index in [9.17, 15) is 13.2 Å². The minimum absolute atomic E-state index is 0.0653. The molecule has 100 valence electrons. The summed E-state index contributed by atoms with van der Waals surface area (Å²) in [5.41, 5.74) is 0.288. The maximum Gasteiger partial charge on any atom is 0.149 e. The van der Waals surface area contributed by atoms with E-state index in [1.165, 1.54) is 19.3 Å². The highest BCUT2D eigenvalue weighted by Gasteiger charge is 2.15. The second-order valence-corrected chi connectivity index (χ2v) is 4.87. The lowest BCUT2D eigenvalue weighted by atomic mass is 10.2. The predicted octanol–water partition coefficient (Wildman–Crippen LogP) is 4.13. The highest BCUT2D eigenvalue weighted by Crippen LogP contribution is 2.28. The van der Waals surface area contributed by atoms with E-state index in [1.54, 1.807) is 0 Å². The fraction of sp³-hybridized carbons (Fsp3) is 0.167. The van der Waals surface area contributed by atoms with Gasteiger partial charge < -0.3 is 5.32 Å². The first-order valence-electron chi connectivity index (χ1n) is 5.35. The van der Waals surface area contributed by atoms with Crippen LogP contribution in [0.25, 0.3) is 0 Å². The van der Waals surface area contributed by atoms with E-state index in [0.717, 1.165) is 12.1 Å². The Balaban J connectivity index is 2.36. The second-order valence-electron chi connectivity index (χ2n) is 3.79. The van der Waals surface area contributed by atoms with Crippen LogP contribution in [0, 0.1) is 15.2 Å². The quantitative estimate of drug-likeness (QED) is 0.815. The molecule has 1 heterocycles. The number of hydrogen-bond donors (Lipinski definition) is 1. The minimum atomic E-state index is -1.26. The monoisotopic (exact) mass is 379 g/mol. The molecule has 7 heteroatoms. The van der Waals surface area contributed by atoms with E-state index in [-0.39, 0.29) is 17.2 Å². The van der Waals surface area contributed by atoms with Gasteiger partial charge in [0.1, 0.15) is 30.0 Å². The van der Waals surface area contributed by atoms with Crippen molar-refractivity contribution in [2.75, 3.05) is 5.32 Å². The normalized spacial score (nSPS) is 12.3. The highest BCUT2D eigenvalue weighted by atomic mass is 127. The van der Waals surface area contributed by atoms with Crippen molar-refractivity contribution < 1.29 is 13.2 Å². The van der Waals surface area contributed by atoms with Crippen molar-refractivity contribution in [1.82, 2.24) is 9.97 Å². The van der Waals surface area contributed by atoms with Crippen LogP contribution in [0.5, 0.6) is 0 Å². The third-order valence-electron chi connectivity index (χ3n) is 2.38. The molecule has 0 saturated carbocycles. The SMILES string of the molecule is CC(F)c1ncnc(Nc2ccc(F)cc2F)c1I. The highest BCUT2D eigenvalue weighted by molar-refractivity contribution is 14.1. The van der Waals surface area contributed by atoms with Gasteiger partial charge in [-0.25, -0.2) is 23.1 Å². The molecule has 0 fully saturated rings. The zero-order chi connectivity index (χ0) is 14.0. The zero-order valence-corrected chi connectivity index (χ0v) is 12.0. The Labute approximate surface area is 121 Å². The van der Waals surface area contributed by atoms with E-state index in [4.69, 9.17) is 0 Å². The molecular weight excluding hydrogens is 370 g/mol. The molecule has 0 aliphatic heterocycles. The van der Waals surface area contributed by atoms with Crippen LogP contribution in [-0.4, -0.2) is 9.97 Å². The first-order chi connectivity index (χ1) is 8.99. The van der Waals surface area contributed by atoms with Gasteiger partial charge in [0, 0.05) is 6.07 Å². The summed E-state index contributed by atoms with van der Waals surface area (Å²) in [5, 5.41) is 2.70. The van der Waals surface area contributed by atoms with Crippen LogP contribution in [0.15, 0.2) is 24.5 Å². The first kappa shape index (κ1) is 14.0. The van der Waals surface area contributed by atoms with Gasteiger partial charge in [0.2, 0.25) is 0 Å². The summed E-state index contributed by atoms with van der Waals surface area (Å²) >= 11 is 1.88. The van der Waals surface area contributed by atoms with Gasteiger partial charge in [0.15, 0.2) is 0 Å². The second kappa shape index (κ2) is 5.72. The van der Waals surface area contributed by atoms with Crippen LogP contribution in [0.4, 0.5) is 24.7 Å². The molecule has 2 aromatic rings. The fourth-order valence-electron chi connectivity index (χ4n) is 1.47. The minimum Gasteiger partial charge on any atom is -0.337 e. The van der Waals surface area contributed by atoms with Gasteiger partial charge >= 0.3 is 0 Å². The molecule has 1 N–H and O–H groups in total. The molecule has 0 amide bonds. The lowest BCUT2D eigenvalue weighted by molar-refractivity contribution is 0.364. The first-order valence-corrected chi connectivity index (χ1v) is 6.43. The zero-order valence-electron chi connectivity index (χ0n) is 9.79. The van der Waals surface area contributed by atoms with Gasteiger partial charge in [-0.05, 0) is 41.6 Å². The van der Waals surface area contributed by atoms with E-state index < -0.39 is 17.8 Å². The van der Waals surface area contributed by atoms with Crippen molar-refractivity contribution in [3.05, 3.63) is 45.4 Å². The number of anilines is 2. The fourth-order valence-corrected chi connectivity index (χ4v) is 2.31. The number of nitrogens with one attached hydrogen (secondary N) is 1. The van der Waals surface area contributed by atoms with Crippen molar-refractivity contribution in [1.29, 1.82) is 0 Å². The summed E-state index contributed by atoms with van der Waals surface area (Å²) in [6, 6.07) is 3.13. The maximum atomic E-state index is 13.5. The molecule has 0 aliphatic carbocycles. The molecular formula is C12H9F3IN3. The number of alkyl halides is 1. The Kier molecular flexibility index (Phi) is 4.23. The third kappa shape index (κ3) is 3.14. The smallest absolute Gasteiger partial charge is 0.149 e. The van der Waals surface area contributed by atoms with Gasteiger partial charge in [-0.2, -0.15) is 0 Å². The molecule has 1 atom stereocenters. The van der Waals surface area contributed by atoms with Gasteiger partial charge in [0.25, 0.3) is 0 Å². The number of nitrogens with zero attached hydrogens (tertiary/aromatic N) is 2.